The Labute approximate surface area is 139 Å². The standard InChI is InChI=1S/C17H21N5O2/c23-17(24)15-8-14-7-11(4-5-13(14)9-18-15)10-2-1-3-12(6-10)16-19-21-22-20-16/h1-3,6,11,13-15,18H,4-5,7-9H2,(H,23,24)(H,19,20,21,22)/t11-,13-,14+,15+/m0/s1. The van der Waals surface area contributed by atoms with Crippen LogP contribution in [0.4, 0.5) is 0 Å². The van der Waals surface area contributed by atoms with E-state index in [0.29, 0.717) is 23.6 Å². The zero-order valence-electron chi connectivity index (χ0n) is 13.4. The summed E-state index contributed by atoms with van der Waals surface area (Å²) in [6, 6.07) is 7.94. The average Bonchev–Trinajstić information content (AvgIpc) is 3.15. The van der Waals surface area contributed by atoms with Gasteiger partial charge in [0.2, 0.25) is 5.82 Å². The lowest BCUT2D eigenvalue weighted by Gasteiger charge is -2.41. The van der Waals surface area contributed by atoms with Crippen LogP contribution in [-0.4, -0.2) is 44.3 Å². The zero-order chi connectivity index (χ0) is 16.5. The van der Waals surface area contributed by atoms with Crippen LogP contribution in [0.5, 0.6) is 0 Å². The molecule has 2 aliphatic rings. The van der Waals surface area contributed by atoms with Gasteiger partial charge in [0.25, 0.3) is 0 Å². The van der Waals surface area contributed by atoms with Crippen molar-refractivity contribution < 1.29 is 9.90 Å². The number of aromatic nitrogens is 4. The molecule has 1 aromatic carbocycles. The summed E-state index contributed by atoms with van der Waals surface area (Å²) in [6.07, 6.45) is 4.10. The number of hydrogen-bond acceptors (Lipinski definition) is 5. The Morgan fingerprint density at radius 3 is 2.92 bits per heavy atom. The lowest BCUT2D eigenvalue weighted by atomic mass is 9.68. The highest BCUT2D eigenvalue weighted by molar-refractivity contribution is 5.73. The van der Waals surface area contributed by atoms with Crippen molar-refractivity contribution in [1.82, 2.24) is 25.9 Å². The second-order valence-corrected chi connectivity index (χ2v) is 6.93. The van der Waals surface area contributed by atoms with E-state index in [1.165, 1.54) is 5.56 Å². The minimum atomic E-state index is -0.727. The number of piperidine rings is 1. The fourth-order valence-electron chi connectivity index (χ4n) is 4.27. The number of carbonyl (C=O) groups is 1. The van der Waals surface area contributed by atoms with Gasteiger partial charge >= 0.3 is 5.97 Å². The third-order valence-corrected chi connectivity index (χ3v) is 5.56. The number of aromatic amines is 1. The Balaban J connectivity index is 1.51. The Bertz CT molecular complexity index is 718. The molecule has 1 aromatic heterocycles. The van der Waals surface area contributed by atoms with Gasteiger partial charge in [-0.2, -0.15) is 5.21 Å². The fraction of sp³-hybridized carbons (Fsp3) is 0.529. The first-order valence-corrected chi connectivity index (χ1v) is 8.50. The molecule has 1 aliphatic carbocycles. The summed E-state index contributed by atoms with van der Waals surface area (Å²) in [7, 11) is 0. The Morgan fingerprint density at radius 2 is 2.12 bits per heavy atom. The van der Waals surface area contributed by atoms with Crippen molar-refractivity contribution in [3.05, 3.63) is 29.8 Å². The number of fused-ring (bicyclic) bond motifs is 1. The van der Waals surface area contributed by atoms with E-state index in [1.54, 1.807) is 0 Å². The SMILES string of the molecule is O=C(O)[C@H]1C[C@H]2C[C@@H](c3cccc(-c4nn[nH]n4)c3)CC[C@H]2CN1. The number of rotatable bonds is 3. The number of carboxylic acid groups (broad SMARTS) is 1. The molecule has 2 aromatic rings. The van der Waals surface area contributed by atoms with E-state index in [1.807, 2.05) is 12.1 Å². The van der Waals surface area contributed by atoms with Crippen LogP contribution in [0.25, 0.3) is 11.4 Å². The quantitative estimate of drug-likeness (QED) is 0.794. The smallest absolute Gasteiger partial charge is 0.320 e. The third kappa shape index (κ3) is 2.91. The number of hydrogen-bond donors (Lipinski definition) is 3. The molecule has 24 heavy (non-hydrogen) atoms. The number of benzene rings is 1. The van der Waals surface area contributed by atoms with Crippen LogP contribution in [0.15, 0.2) is 24.3 Å². The fourth-order valence-corrected chi connectivity index (χ4v) is 4.27. The number of nitrogens with zero attached hydrogens (tertiary/aromatic N) is 3. The van der Waals surface area contributed by atoms with Crippen molar-refractivity contribution >= 4 is 5.97 Å². The van der Waals surface area contributed by atoms with Crippen LogP contribution in [0, 0.1) is 11.8 Å². The summed E-state index contributed by atoms with van der Waals surface area (Å²) in [5.41, 5.74) is 2.26. The first-order chi connectivity index (χ1) is 11.7. The molecule has 0 amide bonds. The van der Waals surface area contributed by atoms with E-state index in [-0.39, 0.29) is 0 Å². The highest BCUT2D eigenvalue weighted by Crippen LogP contribution is 2.43. The van der Waals surface area contributed by atoms with Crippen LogP contribution < -0.4 is 5.32 Å². The molecule has 4 atom stereocenters. The predicted octanol–water partition coefficient (Wildman–Crippen LogP) is 1.81. The largest absolute Gasteiger partial charge is 0.480 e. The molecule has 1 saturated heterocycles. The molecule has 0 bridgehead atoms. The lowest BCUT2D eigenvalue weighted by molar-refractivity contribution is -0.141. The highest BCUT2D eigenvalue weighted by atomic mass is 16.4. The van der Waals surface area contributed by atoms with Gasteiger partial charge in [-0.1, -0.05) is 18.2 Å². The molecule has 7 heteroatoms. The second-order valence-electron chi connectivity index (χ2n) is 6.93. The van der Waals surface area contributed by atoms with Gasteiger partial charge in [-0.15, -0.1) is 10.2 Å². The van der Waals surface area contributed by atoms with E-state index < -0.39 is 12.0 Å². The summed E-state index contributed by atoms with van der Waals surface area (Å²) >= 11 is 0. The molecule has 1 saturated carbocycles. The summed E-state index contributed by atoms with van der Waals surface area (Å²) in [6.45, 7) is 0.831. The van der Waals surface area contributed by atoms with Crippen molar-refractivity contribution in [2.45, 2.75) is 37.6 Å². The van der Waals surface area contributed by atoms with Crippen molar-refractivity contribution in [2.75, 3.05) is 6.54 Å². The molecule has 0 unspecified atom stereocenters. The molecule has 4 rings (SSSR count). The molecule has 7 nitrogen and oxygen atoms in total. The molecule has 1 aliphatic heterocycles. The topological polar surface area (TPSA) is 104 Å². The van der Waals surface area contributed by atoms with Crippen molar-refractivity contribution in [1.29, 1.82) is 0 Å². The molecular weight excluding hydrogens is 306 g/mol. The van der Waals surface area contributed by atoms with E-state index >= 15 is 0 Å². The predicted molar refractivity (Wildman–Crippen MR) is 87.2 cm³/mol. The van der Waals surface area contributed by atoms with Gasteiger partial charge in [0.1, 0.15) is 6.04 Å². The van der Waals surface area contributed by atoms with Crippen LogP contribution >= 0.6 is 0 Å². The minimum absolute atomic E-state index is 0.393. The van der Waals surface area contributed by atoms with E-state index in [2.05, 4.69) is 38.1 Å². The molecule has 0 spiro atoms. The summed E-state index contributed by atoms with van der Waals surface area (Å²) < 4.78 is 0. The maximum atomic E-state index is 11.3. The first-order valence-electron chi connectivity index (χ1n) is 8.50. The van der Waals surface area contributed by atoms with Crippen molar-refractivity contribution in [3.63, 3.8) is 0 Å². The van der Waals surface area contributed by atoms with Gasteiger partial charge in [-0.05, 0) is 66.8 Å². The summed E-state index contributed by atoms with van der Waals surface area (Å²) in [5, 5.41) is 26.6. The van der Waals surface area contributed by atoms with Gasteiger partial charge in [0, 0.05) is 5.56 Å². The average molecular weight is 327 g/mol. The van der Waals surface area contributed by atoms with Gasteiger partial charge in [0.15, 0.2) is 0 Å². The molecular formula is C17H21N5O2. The van der Waals surface area contributed by atoms with Gasteiger partial charge in [0.05, 0.1) is 0 Å². The second kappa shape index (κ2) is 6.32. The van der Waals surface area contributed by atoms with Gasteiger partial charge < -0.3 is 10.4 Å². The zero-order valence-corrected chi connectivity index (χ0v) is 13.4. The monoisotopic (exact) mass is 327 g/mol. The van der Waals surface area contributed by atoms with Crippen molar-refractivity contribution in [3.8, 4) is 11.4 Å². The van der Waals surface area contributed by atoms with E-state index in [9.17, 15) is 9.90 Å². The third-order valence-electron chi connectivity index (χ3n) is 5.56. The highest BCUT2D eigenvalue weighted by Gasteiger charge is 2.38. The Hall–Kier alpha value is -2.28. The first kappa shape index (κ1) is 15.3. The maximum Gasteiger partial charge on any atom is 0.320 e. The number of H-pyrrole nitrogens is 1. The Morgan fingerprint density at radius 1 is 1.21 bits per heavy atom. The molecule has 126 valence electrons. The molecule has 0 radical (unpaired) electrons. The number of carboxylic acids is 1. The van der Waals surface area contributed by atoms with Crippen LogP contribution in [0.1, 0.15) is 37.2 Å². The summed E-state index contributed by atoms with van der Waals surface area (Å²) in [5.74, 6) is 1.45. The Kier molecular flexibility index (Phi) is 4.02. The van der Waals surface area contributed by atoms with Gasteiger partial charge in [-0.3, -0.25) is 4.79 Å². The lowest BCUT2D eigenvalue weighted by Crippen LogP contribution is -2.49. The number of tetrazole rings is 1. The summed E-state index contributed by atoms with van der Waals surface area (Å²) in [4.78, 5) is 11.3. The maximum absolute atomic E-state index is 11.3. The van der Waals surface area contributed by atoms with E-state index in [4.69, 9.17) is 0 Å². The number of aliphatic carboxylic acids is 1. The van der Waals surface area contributed by atoms with Crippen LogP contribution in [-0.2, 0) is 4.79 Å². The molecule has 2 heterocycles. The number of nitrogens with one attached hydrogen (secondary N) is 2. The normalized spacial score (nSPS) is 29.8. The molecule has 2 fully saturated rings. The molecule has 3 N–H and O–H groups in total. The van der Waals surface area contributed by atoms with E-state index in [0.717, 1.165) is 37.8 Å². The van der Waals surface area contributed by atoms with Crippen molar-refractivity contribution in [2.24, 2.45) is 11.8 Å². The minimum Gasteiger partial charge on any atom is -0.480 e. The van der Waals surface area contributed by atoms with Crippen LogP contribution in [0.3, 0.4) is 0 Å². The van der Waals surface area contributed by atoms with Gasteiger partial charge in [-0.25, -0.2) is 0 Å². The van der Waals surface area contributed by atoms with Crippen LogP contribution in [0.2, 0.25) is 0 Å².